The zero-order chi connectivity index (χ0) is 13.0. The third-order valence-electron chi connectivity index (χ3n) is 2.37. The number of rotatable bonds is 5. The van der Waals surface area contributed by atoms with Crippen LogP contribution in [0.3, 0.4) is 0 Å². The molecule has 1 aromatic heterocycles. The van der Waals surface area contributed by atoms with E-state index < -0.39 is 10.0 Å². The largest absolute Gasteiger partial charge is 0.326 e. The smallest absolute Gasteiger partial charge is 0.240 e. The van der Waals surface area contributed by atoms with Crippen LogP contribution in [0.4, 0.5) is 0 Å². The normalized spacial score (nSPS) is 11.6. The summed E-state index contributed by atoms with van der Waals surface area (Å²) in [5, 5.41) is 1.80. The van der Waals surface area contributed by atoms with Gasteiger partial charge in [-0.1, -0.05) is 12.1 Å². The van der Waals surface area contributed by atoms with E-state index in [2.05, 4.69) is 9.71 Å². The van der Waals surface area contributed by atoms with Crippen LogP contribution in [0.25, 0.3) is 0 Å². The molecule has 2 rings (SSSR count). The van der Waals surface area contributed by atoms with Crippen molar-refractivity contribution in [3.05, 3.63) is 46.4 Å². The Morgan fingerprint density at radius 3 is 2.89 bits per heavy atom. The third-order valence-corrected chi connectivity index (χ3v) is 4.41. The Labute approximate surface area is 110 Å². The van der Waals surface area contributed by atoms with Crippen LogP contribution in [0.5, 0.6) is 0 Å². The first-order valence-electron chi connectivity index (χ1n) is 5.27. The van der Waals surface area contributed by atoms with Crippen molar-refractivity contribution in [3.8, 4) is 0 Å². The van der Waals surface area contributed by atoms with Crippen molar-refractivity contribution >= 4 is 21.4 Å². The minimum atomic E-state index is -3.51. The lowest BCUT2D eigenvalue weighted by Crippen LogP contribution is -2.23. The number of sulfonamides is 1. The molecule has 3 N–H and O–H groups in total. The zero-order valence-electron chi connectivity index (χ0n) is 9.54. The van der Waals surface area contributed by atoms with Gasteiger partial charge in [0, 0.05) is 11.9 Å². The molecule has 0 aliphatic rings. The molecule has 1 aromatic carbocycles. The zero-order valence-corrected chi connectivity index (χ0v) is 11.2. The van der Waals surface area contributed by atoms with Crippen LogP contribution in [0, 0.1) is 0 Å². The number of hydrogen-bond donors (Lipinski definition) is 2. The van der Waals surface area contributed by atoms with Gasteiger partial charge >= 0.3 is 0 Å². The molecule has 0 bridgehead atoms. The summed E-state index contributed by atoms with van der Waals surface area (Å²) in [6, 6.07) is 6.59. The molecular formula is C11H13N3O2S2. The van der Waals surface area contributed by atoms with E-state index in [0.717, 1.165) is 5.56 Å². The van der Waals surface area contributed by atoms with E-state index in [1.165, 1.54) is 11.3 Å². The van der Waals surface area contributed by atoms with Gasteiger partial charge in [0.1, 0.15) is 0 Å². The number of nitrogens with zero attached hydrogens (tertiary/aromatic N) is 1. The summed E-state index contributed by atoms with van der Waals surface area (Å²) in [6.07, 6.45) is 0. The molecule has 0 saturated carbocycles. The molecule has 0 amide bonds. The molecule has 18 heavy (non-hydrogen) atoms. The fourth-order valence-corrected chi connectivity index (χ4v) is 3.04. The topological polar surface area (TPSA) is 85.1 Å². The van der Waals surface area contributed by atoms with Gasteiger partial charge in [0.15, 0.2) is 0 Å². The van der Waals surface area contributed by atoms with Crippen LogP contribution < -0.4 is 10.5 Å². The van der Waals surface area contributed by atoms with Crippen LogP contribution in [0.15, 0.2) is 40.1 Å². The standard InChI is InChI=1S/C11H13N3O2S2/c12-5-9-2-1-3-11(4-9)18(15,16)14-6-10-7-17-8-13-10/h1-4,7-8,14H,5-6,12H2. The fraction of sp³-hybridized carbons (Fsp3) is 0.182. The summed E-state index contributed by atoms with van der Waals surface area (Å²) < 4.78 is 26.5. The van der Waals surface area contributed by atoms with Crippen molar-refractivity contribution in [1.29, 1.82) is 0 Å². The second kappa shape index (κ2) is 5.57. The van der Waals surface area contributed by atoms with Crippen LogP contribution >= 0.6 is 11.3 Å². The van der Waals surface area contributed by atoms with Crippen molar-refractivity contribution in [2.75, 3.05) is 0 Å². The first-order chi connectivity index (χ1) is 8.62. The second-order valence-electron chi connectivity index (χ2n) is 3.66. The third kappa shape index (κ3) is 3.14. The molecule has 0 aliphatic carbocycles. The highest BCUT2D eigenvalue weighted by atomic mass is 32.2. The number of nitrogens with one attached hydrogen (secondary N) is 1. The van der Waals surface area contributed by atoms with Gasteiger partial charge in [-0.25, -0.2) is 18.1 Å². The van der Waals surface area contributed by atoms with E-state index >= 15 is 0 Å². The summed E-state index contributed by atoms with van der Waals surface area (Å²) in [4.78, 5) is 4.24. The van der Waals surface area contributed by atoms with Gasteiger partial charge in [-0.15, -0.1) is 11.3 Å². The first kappa shape index (κ1) is 13.2. The molecule has 0 aliphatic heterocycles. The molecule has 0 saturated heterocycles. The predicted molar refractivity (Wildman–Crippen MR) is 70.5 cm³/mol. The Bertz CT molecular complexity index is 609. The number of benzene rings is 1. The van der Waals surface area contributed by atoms with Crippen molar-refractivity contribution in [2.24, 2.45) is 5.73 Å². The number of hydrogen-bond acceptors (Lipinski definition) is 5. The summed E-state index contributed by atoms with van der Waals surface area (Å²) >= 11 is 1.43. The highest BCUT2D eigenvalue weighted by Crippen LogP contribution is 2.12. The molecule has 0 atom stereocenters. The summed E-state index contributed by atoms with van der Waals surface area (Å²) in [5.41, 5.74) is 8.65. The van der Waals surface area contributed by atoms with E-state index in [9.17, 15) is 8.42 Å². The van der Waals surface area contributed by atoms with Gasteiger partial charge < -0.3 is 5.73 Å². The lowest BCUT2D eigenvalue weighted by Gasteiger charge is -2.06. The van der Waals surface area contributed by atoms with E-state index in [0.29, 0.717) is 12.2 Å². The maximum atomic E-state index is 12.0. The lowest BCUT2D eigenvalue weighted by atomic mass is 10.2. The van der Waals surface area contributed by atoms with E-state index in [4.69, 9.17) is 5.73 Å². The van der Waals surface area contributed by atoms with Crippen LogP contribution in [0.1, 0.15) is 11.3 Å². The molecule has 2 aromatic rings. The van der Waals surface area contributed by atoms with Crippen molar-refractivity contribution in [1.82, 2.24) is 9.71 Å². The van der Waals surface area contributed by atoms with Gasteiger partial charge in [0.05, 0.1) is 22.6 Å². The maximum Gasteiger partial charge on any atom is 0.240 e. The maximum absolute atomic E-state index is 12.0. The number of thiazole rings is 1. The summed E-state index contributed by atoms with van der Waals surface area (Å²) in [5.74, 6) is 0. The van der Waals surface area contributed by atoms with E-state index in [1.54, 1.807) is 35.2 Å². The molecule has 5 nitrogen and oxygen atoms in total. The molecule has 0 radical (unpaired) electrons. The van der Waals surface area contributed by atoms with Gasteiger partial charge in [0.25, 0.3) is 0 Å². The van der Waals surface area contributed by atoms with Crippen molar-refractivity contribution in [3.63, 3.8) is 0 Å². The Morgan fingerprint density at radius 1 is 1.39 bits per heavy atom. The Kier molecular flexibility index (Phi) is 4.07. The summed E-state index contributed by atoms with van der Waals surface area (Å²) in [7, 11) is -3.51. The summed E-state index contributed by atoms with van der Waals surface area (Å²) in [6.45, 7) is 0.508. The molecule has 0 unspecified atom stereocenters. The van der Waals surface area contributed by atoms with Crippen LogP contribution in [-0.4, -0.2) is 13.4 Å². The van der Waals surface area contributed by atoms with Crippen molar-refractivity contribution < 1.29 is 8.42 Å². The average Bonchev–Trinajstić information content (AvgIpc) is 2.90. The molecular weight excluding hydrogens is 270 g/mol. The molecule has 7 heteroatoms. The van der Waals surface area contributed by atoms with E-state index in [1.807, 2.05) is 0 Å². The molecule has 0 fully saturated rings. The Morgan fingerprint density at radius 2 is 2.22 bits per heavy atom. The number of aromatic nitrogens is 1. The van der Waals surface area contributed by atoms with Gasteiger partial charge in [-0.2, -0.15) is 0 Å². The Hall–Kier alpha value is -1.28. The fourth-order valence-electron chi connectivity index (χ4n) is 1.42. The van der Waals surface area contributed by atoms with E-state index in [-0.39, 0.29) is 11.4 Å². The quantitative estimate of drug-likeness (QED) is 0.860. The SMILES string of the molecule is NCc1cccc(S(=O)(=O)NCc2cscn2)c1. The minimum Gasteiger partial charge on any atom is -0.326 e. The lowest BCUT2D eigenvalue weighted by molar-refractivity contribution is 0.580. The van der Waals surface area contributed by atoms with Gasteiger partial charge in [-0.05, 0) is 17.7 Å². The predicted octanol–water partition coefficient (Wildman–Crippen LogP) is 1.08. The van der Waals surface area contributed by atoms with Crippen LogP contribution in [0.2, 0.25) is 0 Å². The van der Waals surface area contributed by atoms with Crippen LogP contribution in [-0.2, 0) is 23.1 Å². The Balaban J connectivity index is 2.14. The minimum absolute atomic E-state index is 0.193. The highest BCUT2D eigenvalue weighted by molar-refractivity contribution is 7.89. The highest BCUT2D eigenvalue weighted by Gasteiger charge is 2.14. The first-order valence-corrected chi connectivity index (χ1v) is 7.70. The average molecular weight is 283 g/mol. The molecule has 1 heterocycles. The van der Waals surface area contributed by atoms with Gasteiger partial charge in [0.2, 0.25) is 10.0 Å². The molecule has 0 spiro atoms. The monoisotopic (exact) mass is 283 g/mol. The van der Waals surface area contributed by atoms with Gasteiger partial charge in [-0.3, -0.25) is 0 Å². The number of nitrogens with two attached hydrogens (primary N) is 1. The van der Waals surface area contributed by atoms with Crippen molar-refractivity contribution in [2.45, 2.75) is 18.0 Å². The molecule has 96 valence electrons. The second-order valence-corrected chi connectivity index (χ2v) is 6.14.